The van der Waals surface area contributed by atoms with E-state index in [1.807, 2.05) is 21.3 Å². The van der Waals surface area contributed by atoms with E-state index in [1.54, 1.807) is 0 Å². The van der Waals surface area contributed by atoms with Gasteiger partial charge in [0, 0.05) is 11.6 Å². The molecule has 0 bridgehead atoms. The van der Waals surface area contributed by atoms with Crippen LogP contribution >= 0.6 is 0 Å². The number of rotatable bonds is 1. The molecule has 0 atom stereocenters. The zero-order valence-electron chi connectivity index (χ0n) is 12.5. The molecular weight excluding hydrogens is 250 g/mol. The first kappa shape index (κ1) is 13.4. The summed E-state index contributed by atoms with van der Waals surface area (Å²) in [7, 11) is 0. The molecule has 108 valence electrons. The second-order valence-corrected chi connectivity index (χ2v) is 6.63. The number of piperidine rings is 1. The molecule has 0 unspecified atom stereocenters. The van der Waals surface area contributed by atoms with E-state index >= 15 is 0 Å². The van der Waals surface area contributed by atoms with Crippen LogP contribution in [0.5, 0.6) is 0 Å². The molecule has 2 heterocycles. The summed E-state index contributed by atoms with van der Waals surface area (Å²) in [6, 6.07) is 8.47. The zero-order chi connectivity index (χ0) is 14.3. The molecular formula is C16H23N3O. The number of benzene rings is 1. The fourth-order valence-corrected chi connectivity index (χ4v) is 3.24. The molecule has 4 heteroatoms. The van der Waals surface area contributed by atoms with E-state index < -0.39 is 0 Å². The predicted octanol–water partition coefficient (Wildman–Crippen LogP) is 2.48. The molecule has 1 aliphatic rings. The lowest BCUT2D eigenvalue weighted by Crippen LogP contribution is -2.38. The normalized spacial score (nSPS) is 17.8. The highest BCUT2D eigenvalue weighted by Crippen LogP contribution is 2.26. The number of nitrogens with zero attached hydrogens (tertiary/aromatic N) is 2. The van der Waals surface area contributed by atoms with E-state index in [1.165, 1.54) is 0 Å². The van der Waals surface area contributed by atoms with E-state index in [9.17, 15) is 4.79 Å². The van der Waals surface area contributed by atoms with Gasteiger partial charge in [-0.15, -0.1) is 0 Å². The molecule has 1 N–H and O–H groups in total. The monoisotopic (exact) mass is 273 g/mol. The Bertz CT molecular complexity index is 669. The second kappa shape index (κ2) is 4.77. The highest BCUT2D eigenvalue weighted by Gasteiger charge is 2.26. The zero-order valence-corrected chi connectivity index (χ0v) is 12.5. The van der Waals surface area contributed by atoms with Gasteiger partial charge in [0.05, 0.1) is 11.0 Å². The topological polar surface area (TPSA) is 39.0 Å². The highest BCUT2D eigenvalue weighted by molar-refractivity contribution is 5.76. The van der Waals surface area contributed by atoms with Crippen LogP contribution in [0.1, 0.15) is 39.7 Å². The molecule has 1 fully saturated rings. The van der Waals surface area contributed by atoms with Crippen molar-refractivity contribution in [3.05, 3.63) is 34.7 Å². The maximum absolute atomic E-state index is 12.9. The van der Waals surface area contributed by atoms with Gasteiger partial charge in [0.1, 0.15) is 0 Å². The Morgan fingerprint density at radius 2 is 1.70 bits per heavy atom. The number of imidazole rings is 1. The number of aromatic nitrogens is 2. The largest absolute Gasteiger partial charge is 0.329 e. The van der Waals surface area contributed by atoms with Crippen LogP contribution in [0.2, 0.25) is 0 Å². The Morgan fingerprint density at radius 1 is 1.10 bits per heavy atom. The van der Waals surface area contributed by atoms with Crippen LogP contribution in [-0.4, -0.2) is 22.2 Å². The van der Waals surface area contributed by atoms with Crippen molar-refractivity contribution in [2.24, 2.45) is 0 Å². The Hall–Kier alpha value is -1.55. The Balaban J connectivity index is 2.27. The number of para-hydroxylation sites is 2. The summed E-state index contributed by atoms with van der Waals surface area (Å²) in [6.45, 7) is 8.26. The van der Waals surface area contributed by atoms with E-state index in [0.717, 1.165) is 37.0 Å². The summed E-state index contributed by atoms with van der Waals surface area (Å²) in [4.78, 5) is 12.9. The van der Waals surface area contributed by atoms with Gasteiger partial charge in [-0.2, -0.15) is 0 Å². The SMILES string of the molecule is CC(C)(C)n1c(=O)n(C2CCNCC2)c2ccccc21. The molecule has 0 saturated carbocycles. The average Bonchev–Trinajstić information content (AvgIpc) is 2.71. The van der Waals surface area contributed by atoms with Crippen LogP contribution < -0.4 is 11.0 Å². The molecule has 0 radical (unpaired) electrons. The molecule has 0 amide bonds. The summed E-state index contributed by atoms with van der Waals surface area (Å²) in [6.07, 6.45) is 2.05. The van der Waals surface area contributed by atoms with Crippen LogP contribution in [0.25, 0.3) is 11.0 Å². The highest BCUT2D eigenvalue weighted by atomic mass is 16.2. The molecule has 1 aliphatic heterocycles. The Kier molecular flexibility index (Phi) is 3.21. The quantitative estimate of drug-likeness (QED) is 0.867. The van der Waals surface area contributed by atoms with E-state index in [-0.39, 0.29) is 11.2 Å². The first-order valence-electron chi connectivity index (χ1n) is 7.43. The standard InChI is InChI=1S/C16H23N3O/c1-16(2,3)19-14-7-5-4-6-13(14)18(15(19)20)12-8-10-17-11-9-12/h4-7,12,17H,8-11H2,1-3H3. The van der Waals surface area contributed by atoms with Crippen LogP contribution in [0.4, 0.5) is 0 Å². The van der Waals surface area contributed by atoms with Crippen molar-refractivity contribution in [1.82, 2.24) is 14.5 Å². The molecule has 20 heavy (non-hydrogen) atoms. The van der Waals surface area contributed by atoms with E-state index in [2.05, 4.69) is 38.2 Å². The minimum Gasteiger partial charge on any atom is -0.317 e. The number of fused-ring (bicyclic) bond motifs is 1. The van der Waals surface area contributed by atoms with Crippen LogP contribution in [0.15, 0.2) is 29.1 Å². The van der Waals surface area contributed by atoms with Gasteiger partial charge in [0.25, 0.3) is 0 Å². The molecule has 4 nitrogen and oxygen atoms in total. The van der Waals surface area contributed by atoms with Crippen molar-refractivity contribution in [3.8, 4) is 0 Å². The van der Waals surface area contributed by atoms with Gasteiger partial charge in [-0.05, 0) is 58.8 Å². The molecule has 0 spiro atoms. The van der Waals surface area contributed by atoms with Crippen molar-refractivity contribution >= 4 is 11.0 Å². The lowest BCUT2D eigenvalue weighted by atomic mass is 10.1. The minimum absolute atomic E-state index is 0.130. The van der Waals surface area contributed by atoms with Crippen LogP contribution in [0, 0.1) is 0 Å². The molecule has 2 aromatic rings. The van der Waals surface area contributed by atoms with Crippen molar-refractivity contribution in [1.29, 1.82) is 0 Å². The van der Waals surface area contributed by atoms with Gasteiger partial charge in [-0.25, -0.2) is 4.79 Å². The summed E-state index contributed by atoms with van der Waals surface area (Å²) in [5.41, 5.74) is 2.04. The summed E-state index contributed by atoms with van der Waals surface area (Å²) in [5, 5.41) is 3.37. The van der Waals surface area contributed by atoms with Crippen molar-refractivity contribution in [2.45, 2.75) is 45.2 Å². The maximum Gasteiger partial charge on any atom is 0.329 e. The summed E-state index contributed by atoms with van der Waals surface area (Å²) < 4.78 is 3.95. The lowest BCUT2D eigenvalue weighted by Gasteiger charge is -2.24. The number of hydrogen-bond donors (Lipinski definition) is 1. The first-order valence-corrected chi connectivity index (χ1v) is 7.43. The Labute approximate surface area is 119 Å². The number of nitrogens with one attached hydrogen (secondary N) is 1. The second-order valence-electron chi connectivity index (χ2n) is 6.63. The minimum atomic E-state index is -0.200. The van der Waals surface area contributed by atoms with Crippen molar-refractivity contribution in [3.63, 3.8) is 0 Å². The average molecular weight is 273 g/mol. The van der Waals surface area contributed by atoms with Gasteiger partial charge >= 0.3 is 5.69 Å². The fraction of sp³-hybridized carbons (Fsp3) is 0.562. The fourth-order valence-electron chi connectivity index (χ4n) is 3.24. The third-order valence-electron chi connectivity index (χ3n) is 4.12. The van der Waals surface area contributed by atoms with Gasteiger partial charge in [-0.3, -0.25) is 9.13 Å². The molecule has 1 aromatic heterocycles. The van der Waals surface area contributed by atoms with Crippen molar-refractivity contribution < 1.29 is 0 Å². The predicted molar refractivity (Wildman–Crippen MR) is 82.3 cm³/mol. The molecule has 0 aliphatic carbocycles. The summed E-state index contributed by atoms with van der Waals surface area (Å²) >= 11 is 0. The first-order chi connectivity index (χ1) is 9.50. The third-order valence-corrected chi connectivity index (χ3v) is 4.12. The smallest absolute Gasteiger partial charge is 0.317 e. The summed E-state index contributed by atoms with van der Waals surface area (Å²) in [5.74, 6) is 0. The number of hydrogen-bond acceptors (Lipinski definition) is 2. The molecule has 1 saturated heterocycles. The van der Waals surface area contributed by atoms with Crippen LogP contribution in [0.3, 0.4) is 0 Å². The van der Waals surface area contributed by atoms with Gasteiger partial charge in [0.2, 0.25) is 0 Å². The van der Waals surface area contributed by atoms with E-state index in [0.29, 0.717) is 6.04 Å². The van der Waals surface area contributed by atoms with Gasteiger partial charge in [0.15, 0.2) is 0 Å². The lowest BCUT2D eigenvalue weighted by molar-refractivity contribution is 0.343. The van der Waals surface area contributed by atoms with Crippen molar-refractivity contribution in [2.75, 3.05) is 13.1 Å². The van der Waals surface area contributed by atoms with Crippen LogP contribution in [-0.2, 0) is 5.54 Å². The molecule has 3 rings (SSSR count). The van der Waals surface area contributed by atoms with Gasteiger partial charge < -0.3 is 5.32 Å². The van der Waals surface area contributed by atoms with E-state index in [4.69, 9.17) is 0 Å². The third kappa shape index (κ3) is 2.08. The Morgan fingerprint density at radius 3 is 2.30 bits per heavy atom. The molecule has 1 aromatic carbocycles. The van der Waals surface area contributed by atoms with Gasteiger partial charge in [-0.1, -0.05) is 12.1 Å². The maximum atomic E-state index is 12.9.